The molecule has 4 atom stereocenters. The van der Waals surface area contributed by atoms with Crippen molar-refractivity contribution in [3.63, 3.8) is 0 Å². The van der Waals surface area contributed by atoms with E-state index >= 15 is 0 Å². The van der Waals surface area contributed by atoms with Crippen LogP contribution in [0.3, 0.4) is 0 Å². The summed E-state index contributed by atoms with van der Waals surface area (Å²) >= 11 is 0. The van der Waals surface area contributed by atoms with E-state index in [0.717, 1.165) is 24.8 Å². The monoisotopic (exact) mass is 428 g/mol. The molecule has 0 heterocycles. The molecule has 0 radical (unpaired) electrons. The number of rotatable bonds is 6. The van der Waals surface area contributed by atoms with Gasteiger partial charge in [-0.3, -0.25) is 0 Å². The van der Waals surface area contributed by atoms with Crippen LogP contribution >= 0.6 is 0 Å². The van der Waals surface area contributed by atoms with Crippen molar-refractivity contribution >= 4 is 0 Å². The quantitative estimate of drug-likeness (QED) is 0.405. The van der Waals surface area contributed by atoms with E-state index < -0.39 is 17.5 Å². The zero-order valence-electron chi connectivity index (χ0n) is 19.7. The van der Waals surface area contributed by atoms with Crippen molar-refractivity contribution in [1.29, 1.82) is 0 Å². The second-order valence-corrected chi connectivity index (χ2v) is 10.3. The van der Waals surface area contributed by atoms with Crippen molar-refractivity contribution in [1.82, 2.24) is 0 Å². The number of hydrogen-bond donors (Lipinski definition) is 3. The largest absolute Gasteiger partial charge is 0.388 e. The summed E-state index contributed by atoms with van der Waals surface area (Å²) in [6.45, 7) is 12.3. The zero-order valence-corrected chi connectivity index (χ0v) is 19.7. The number of allylic oxidation sites excluding steroid dienone is 5. The Morgan fingerprint density at radius 1 is 1.32 bits per heavy atom. The van der Waals surface area contributed by atoms with Gasteiger partial charge in [-0.05, 0) is 68.4 Å². The van der Waals surface area contributed by atoms with E-state index in [9.17, 15) is 15.3 Å². The number of aliphatic hydroxyl groups is 3. The van der Waals surface area contributed by atoms with Crippen LogP contribution in [0.1, 0.15) is 72.6 Å². The maximum Gasteiger partial charge on any atom is 0.172 e. The lowest BCUT2D eigenvalue weighted by atomic mass is 9.64. The third-order valence-corrected chi connectivity index (χ3v) is 7.36. The first kappa shape index (κ1) is 24.2. The van der Waals surface area contributed by atoms with Crippen LogP contribution in [0.5, 0.6) is 0 Å². The standard InChI is InChI=1S/C27H40O4/c1-6-22-12-13-23-20(9-7-15-26(22,23)5)10-11-21-17-27(30,18-24(28)19(21)2)31-16-8-14-25(3,4)29/h8,10-12,14,23-24,28-30H,2,6-7,9,13,15-18H2,1,3-5H3/t23-,24+,26-,27+/m1/s1. The third kappa shape index (κ3) is 5.48. The highest BCUT2D eigenvalue weighted by Crippen LogP contribution is 2.55. The second-order valence-electron chi connectivity index (χ2n) is 10.3. The van der Waals surface area contributed by atoms with Gasteiger partial charge in [0.05, 0.1) is 18.3 Å². The Morgan fingerprint density at radius 2 is 2.06 bits per heavy atom. The first-order chi connectivity index (χ1) is 14.5. The maximum atomic E-state index is 11.0. The number of aliphatic hydroxyl groups excluding tert-OH is 1. The normalized spacial score (nSPS) is 37.0. The van der Waals surface area contributed by atoms with E-state index in [1.165, 1.54) is 18.4 Å². The van der Waals surface area contributed by atoms with Crippen LogP contribution < -0.4 is 0 Å². The van der Waals surface area contributed by atoms with Crippen molar-refractivity contribution in [3.8, 4) is 0 Å². The summed E-state index contributed by atoms with van der Waals surface area (Å²) < 4.78 is 5.71. The van der Waals surface area contributed by atoms with Crippen molar-refractivity contribution in [2.75, 3.05) is 6.61 Å². The molecule has 0 unspecified atom stereocenters. The van der Waals surface area contributed by atoms with Crippen molar-refractivity contribution < 1.29 is 20.1 Å². The Hall–Kier alpha value is -1.46. The summed E-state index contributed by atoms with van der Waals surface area (Å²) in [5, 5.41) is 31.2. The van der Waals surface area contributed by atoms with Gasteiger partial charge >= 0.3 is 0 Å². The van der Waals surface area contributed by atoms with Crippen LogP contribution in [-0.4, -0.2) is 39.4 Å². The predicted octanol–water partition coefficient (Wildman–Crippen LogP) is 5.13. The van der Waals surface area contributed by atoms with Crippen LogP contribution in [0, 0.1) is 11.3 Å². The first-order valence-electron chi connectivity index (χ1n) is 11.7. The topological polar surface area (TPSA) is 69.9 Å². The van der Waals surface area contributed by atoms with Crippen molar-refractivity contribution in [3.05, 3.63) is 59.3 Å². The van der Waals surface area contributed by atoms with E-state index in [4.69, 9.17) is 4.74 Å². The molecule has 0 saturated heterocycles. The minimum Gasteiger partial charge on any atom is -0.388 e. The van der Waals surface area contributed by atoms with Gasteiger partial charge < -0.3 is 20.1 Å². The van der Waals surface area contributed by atoms with E-state index in [1.807, 2.05) is 6.08 Å². The van der Waals surface area contributed by atoms with Gasteiger partial charge in [0.2, 0.25) is 0 Å². The SMILES string of the molecule is C=C1C(=CC=C2CCC[C@]3(C)C(CC)=CC[C@H]23)C[C@](O)(OCC=CC(C)(C)O)C[C@@H]1O. The Kier molecular flexibility index (Phi) is 7.17. The minimum absolute atomic E-state index is 0.0978. The molecular formula is C27H40O4. The minimum atomic E-state index is -1.44. The summed E-state index contributed by atoms with van der Waals surface area (Å²) in [4.78, 5) is 0. The van der Waals surface area contributed by atoms with E-state index in [2.05, 4.69) is 32.6 Å². The third-order valence-electron chi connectivity index (χ3n) is 7.36. The Balaban J connectivity index is 1.74. The molecule has 2 saturated carbocycles. The number of ether oxygens (including phenoxy) is 1. The molecule has 3 N–H and O–H groups in total. The summed E-state index contributed by atoms with van der Waals surface area (Å²) in [6.07, 6.45) is 15.4. The number of hydrogen-bond acceptors (Lipinski definition) is 4. The molecule has 3 aliphatic carbocycles. The lowest BCUT2D eigenvalue weighted by molar-refractivity contribution is -0.213. The average Bonchev–Trinajstić information content (AvgIpc) is 3.03. The van der Waals surface area contributed by atoms with E-state index in [1.54, 1.807) is 31.6 Å². The van der Waals surface area contributed by atoms with Gasteiger partial charge in [-0.2, -0.15) is 0 Å². The molecule has 3 aliphatic rings. The maximum absolute atomic E-state index is 11.0. The van der Waals surface area contributed by atoms with Crippen molar-refractivity contribution in [2.45, 2.75) is 90.1 Å². The Labute approximate surface area is 187 Å². The summed E-state index contributed by atoms with van der Waals surface area (Å²) in [5.74, 6) is -0.891. The smallest absolute Gasteiger partial charge is 0.172 e. The lowest BCUT2D eigenvalue weighted by Gasteiger charge is -2.41. The van der Waals surface area contributed by atoms with E-state index in [-0.39, 0.29) is 18.4 Å². The fraction of sp³-hybridized carbons (Fsp3) is 0.630. The van der Waals surface area contributed by atoms with Crippen LogP contribution in [0.2, 0.25) is 0 Å². The Morgan fingerprint density at radius 3 is 2.74 bits per heavy atom. The zero-order chi connectivity index (χ0) is 22.9. The second kappa shape index (κ2) is 9.19. The molecule has 2 fully saturated rings. The molecular weight excluding hydrogens is 388 g/mol. The van der Waals surface area contributed by atoms with Crippen LogP contribution in [0.15, 0.2) is 59.3 Å². The highest BCUT2D eigenvalue weighted by molar-refractivity contribution is 5.40. The Bertz CT molecular complexity index is 810. The van der Waals surface area contributed by atoms with Gasteiger partial charge in [-0.25, -0.2) is 0 Å². The predicted molar refractivity (Wildman–Crippen MR) is 125 cm³/mol. The molecule has 172 valence electrons. The fourth-order valence-corrected chi connectivity index (χ4v) is 5.60. The molecule has 0 amide bonds. The average molecular weight is 429 g/mol. The molecule has 0 bridgehead atoms. The highest BCUT2D eigenvalue weighted by Gasteiger charge is 2.44. The molecule has 3 rings (SSSR count). The van der Waals surface area contributed by atoms with Crippen LogP contribution in [0.4, 0.5) is 0 Å². The first-order valence-corrected chi connectivity index (χ1v) is 11.7. The van der Waals surface area contributed by atoms with Gasteiger partial charge in [-0.1, -0.05) is 62.0 Å². The lowest BCUT2D eigenvalue weighted by Crippen LogP contribution is -2.42. The van der Waals surface area contributed by atoms with Gasteiger partial charge in [-0.15, -0.1) is 0 Å². The fourth-order valence-electron chi connectivity index (χ4n) is 5.60. The van der Waals surface area contributed by atoms with Crippen LogP contribution in [-0.2, 0) is 4.74 Å². The molecule has 0 aromatic rings. The number of fused-ring (bicyclic) bond motifs is 1. The molecule has 4 heteroatoms. The van der Waals surface area contributed by atoms with Crippen molar-refractivity contribution in [2.24, 2.45) is 11.3 Å². The highest BCUT2D eigenvalue weighted by atomic mass is 16.6. The summed E-state index contributed by atoms with van der Waals surface area (Å²) in [5.41, 5.74) is 3.91. The molecule has 0 spiro atoms. The van der Waals surface area contributed by atoms with Gasteiger partial charge in [0, 0.05) is 12.8 Å². The molecule has 31 heavy (non-hydrogen) atoms. The summed E-state index contributed by atoms with van der Waals surface area (Å²) in [7, 11) is 0. The molecule has 4 nitrogen and oxygen atoms in total. The summed E-state index contributed by atoms with van der Waals surface area (Å²) in [6, 6.07) is 0. The molecule has 0 aromatic heterocycles. The van der Waals surface area contributed by atoms with Crippen LogP contribution in [0.25, 0.3) is 0 Å². The molecule has 0 aromatic carbocycles. The van der Waals surface area contributed by atoms with E-state index in [0.29, 0.717) is 17.9 Å². The van der Waals surface area contributed by atoms with Gasteiger partial charge in [0.15, 0.2) is 5.79 Å². The molecule has 0 aliphatic heterocycles. The van der Waals surface area contributed by atoms with Gasteiger partial charge in [0.1, 0.15) is 0 Å². The van der Waals surface area contributed by atoms with Gasteiger partial charge in [0.25, 0.3) is 0 Å².